The van der Waals surface area contributed by atoms with Gasteiger partial charge in [0.1, 0.15) is 0 Å². The zero-order chi connectivity index (χ0) is 13.0. The summed E-state index contributed by atoms with van der Waals surface area (Å²) in [5.41, 5.74) is 0.619. The number of hydrogen-bond donors (Lipinski definition) is 1. The molecule has 4 nitrogen and oxygen atoms in total. The summed E-state index contributed by atoms with van der Waals surface area (Å²) in [4.78, 5) is 11.9. The van der Waals surface area contributed by atoms with Crippen molar-refractivity contribution >= 4 is 45.6 Å². The zero-order valence-electron chi connectivity index (χ0n) is 9.51. The molecule has 1 aromatic carbocycles. The highest BCUT2D eigenvalue weighted by molar-refractivity contribution is 8.01. The predicted octanol–water partition coefficient (Wildman–Crippen LogP) is 3.21. The highest BCUT2D eigenvalue weighted by Crippen LogP contribution is 2.25. The van der Waals surface area contributed by atoms with Crippen molar-refractivity contribution in [2.45, 2.75) is 4.34 Å². The molecule has 0 radical (unpaired) electrons. The SMILES string of the molecule is CNc1nnc(SCC(=O)c2cccc(Cl)c2)s1. The first-order valence-electron chi connectivity index (χ1n) is 5.12. The fourth-order valence-corrected chi connectivity index (χ4v) is 3.03. The van der Waals surface area contributed by atoms with Crippen molar-refractivity contribution in [3.8, 4) is 0 Å². The molecule has 0 fully saturated rings. The number of nitrogens with zero attached hydrogens (tertiary/aromatic N) is 2. The van der Waals surface area contributed by atoms with Gasteiger partial charge < -0.3 is 5.32 Å². The Hall–Kier alpha value is -1.11. The van der Waals surface area contributed by atoms with E-state index in [-0.39, 0.29) is 5.78 Å². The smallest absolute Gasteiger partial charge is 0.206 e. The molecule has 0 unspecified atom stereocenters. The fraction of sp³-hybridized carbons (Fsp3) is 0.182. The van der Waals surface area contributed by atoms with Crippen LogP contribution in [0.4, 0.5) is 5.13 Å². The van der Waals surface area contributed by atoms with Gasteiger partial charge in [0.05, 0.1) is 5.75 Å². The molecule has 0 aliphatic heterocycles. The number of aromatic nitrogens is 2. The Balaban J connectivity index is 1.96. The van der Waals surface area contributed by atoms with Crippen LogP contribution in [-0.2, 0) is 0 Å². The number of Topliss-reactive ketones (excluding diaryl/α,β-unsaturated/α-hetero) is 1. The quantitative estimate of drug-likeness (QED) is 0.678. The molecule has 18 heavy (non-hydrogen) atoms. The molecule has 0 atom stereocenters. The van der Waals surface area contributed by atoms with Crippen LogP contribution in [0, 0.1) is 0 Å². The number of ketones is 1. The highest BCUT2D eigenvalue weighted by atomic mass is 35.5. The minimum absolute atomic E-state index is 0.0312. The Bertz CT molecular complexity index is 559. The zero-order valence-corrected chi connectivity index (χ0v) is 11.9. The van der Waals surface area contributed by atoms with Gasteiger partial charge in [-0.15, -0.1) is 10.2 Å². The summed E-state index contributed by atoms with van der Waals surface area (Å²) < 4.78 is 0.773. The van der Waals surface area contributed by atoms with Gasteiger partial charge in [-0.2, -0.15) is 0 Å². The van der Waals surface area contributed by atoms with Crippen molar-refractivity contribution in [3.63, 3.8) is 0 Å². The van der Waals surface area contributed by atoms with E-state index in [1.807, 2.05) is 0 Å². The van der Waals surface area contributed by atoms with E-state index in [4.69, 9.17) is 11.6 Å². The molecule has 0 saturated heterocycles. The van der Waals surface area contributed by atoms with Crippen molar-refractivity contribution < 1.29 is 4.79 Å². The van der Waals surface area contributed by atoms with Crippen LogP contribution in [0.15, 0.2) is 28.6 Å². The summed E-state index contributed by atoms with van der Waals surface area (Å²) >= 11 is 8.64. The lowest BCUT2D eigenvalue weighted by Gasteiger charge is -1.99. The first-order valence-corrected chi connectivity index (χ1v) is 7.30. The summed E-state index contributed by atoms with van der Waals surface area (Å²) in [6, 6.07) is 6.94. The van der Waals surface area contributed by atoms with Gasteiger partial charge in [0.15, 0.2) is 10.1 Å². The van der Waals surface area contributed by atoms with Gasteiger partial charge in [-0.3, -0.25) is 4.79 Å². The van der Waals surface area contributed by atoms with Crippen LogP contribution in [0.1, 0.15) is 10.4 Å². The molecular formula is C11H10ClN3OS2. The Morgan fingerprint density at radius 1 is 1.50 bits per heavy atom. The molecule has 0 bridgehead atoms. The third kappa shape index (κ3) is 3.44. The van der Waals surface area contributed by atoms with Crippen LogP contribution in [-0.4, -0.2) is 28.8 Å². The van der Waals surface area contributed by atoms with Gasteiger partial charge in [0, 0.05) is 17.6 Å². The van der Waals surface area contributed by atoms with Gasteiger partial charge >= 0.3 is 0 Å². The van der Waals surface area contributed by atoms with Gasteiger partial charge in [-0.05, 0) is 12.1 Å². The first-order chi connectivity index (χ1) is 8.69. The summed E-state index contributed by atoms with van der Waals surface area (Å²) in [7, 11) is 1.78. The Morgan fingerprint density at radius 3 is 3.00 bits per heavy atom. The first kappa shape index (κ1) is 13.3. The summed E-state index contributed by atoms with van der Waals surface area (Å²) in [5, 5.41) is 12.1. The molecule has 2 rings (SSSR count). The average molecular weight is 300 g/mol. The Kier molecular flexibility index (Phi) is 4.57. The lowest BCUT2D eigenvalue weighted by Crippen LogP contribution is -2.01. The van der Waals surface area contributed by atoms with E-state index in [1.165, 1.54) is 23.1 Å². The van der Waals surface area contributed by atoms with E-state index < -0.39 is 0 Å². The predicted molar refractivity (Wildman–Crippen MR) is 76.0 cm³/mol. The molecule has 1 N–H and O–H groups in total. The fourth-order valence-electron chi connectivity index (χ4n) is 1.24. The van der Waals surface area contributed by atoms with E-state index >= 15 is 0 Å². The van der Waals surface area contributed by atoms with Crippen LogP contribution in [0.5, 0.6) is 0 Å². The molecule has 1 aromatic heterocycles. The second-order valence-corrected chi connectivity index (χ2v) is 5.98. The lowest BCUT2D eigenvalue weighted by molar-refractivity contribution is 0.102. The maximum atomic E-state index is 11.9. The van der Waals surface area contributed by atoms with E-state index in [0.29, 0.717) is 16.3 Å². The number of hydrogen-bond acceptors (Lipinski definition) is 6. The summed E-state index contributed by atoms with van der Waals surface area (Å²) in [6.45, 7) is 0. The van der Waals surface area contributed by atoms with Crippen LogP contribution in [0.25, 0.3) is 0 Å². The number of halogens is 1. The minimum Gasteiger partial charge on any atom is -0.363 e. The summed E-state index contributed by atoms with van der Waals surface area (Å²) in [5.74, 6) is 0.363. The van der Waals surface area contributed by atoms with Crippen LogP contribution >= 0.6 is 34.7 Å². The second-order valence-electron chi connectivity index (χ2n) is 3.35. The number of anilines is 1. The lowest BCUT2D eigenvalue weighted by atomic mass is 10.1. The Morgan fingerprint density at radius 2 is 2.33 bits per heavy atom. The van der Waals surface area contributed by atoms with E-state index in [9.17, 15) is 4.79 Å². The number of thioether (sulfide) groups is 1. The van der Waals surface area contributed by atoms with E-state index in [1.54, 1.807) is 31.3 Å². The molecule has 0 spiro atoms. The van der Waals surface area contributed by atoms with Crippen molar-refractivity contribution in [1.29, 1.82) is 0 Å². The monoisotopic (exact) mass is 299 g/mol. The van der Waals surface area contributed by atoms with Crippen LogP contribution < -0.4 is 5.32 Å². The van der Waals surface area contributed by atoms with E-state index in [0.717, 1.165) is 9.47 Å². The van der Waals surface area contributed by atoms with Crippen LogP contribution in [0.2, 0.25) is 5.02 Å². The third-order valence-electron chi connectivity index (χ3n) is 2.09. The van der Waals surface area contributed by atoms with Gasteiger partial charge in [0.2, 0.25) is 5.13 Å². The molecule has 0 aliphatic rings. The maximum Gasteiger partial charge on any atom is 0.206 e. The van der Waals surface area contributed by atoms with E-state index in [2.05, 4.69) is 15.5 Å². The van der Waals surface area contributed by atoms with Crippen molar-refractivity contribution in [2.75, 3.05) is 18.1 Å². The van der Waals surface area contributed by atoms with Crippen molar-refractivity contribution in [2.24, 2.45) is 0 Å². The van der Waals surface area contributed by atoms with Gasteiger partial charge in [0.25, 0.3) is 0 Å². The second kappa shape index (κ2) is 6.17. The number of carbonyl (C=O) groups excluding carboxylic acids is 1. The molecule has 94 valence electrons. The number of rotatable bonds is 5. The molecule has 0 saturated carbocycles. The minimum atomic E-state index is 0.0312. The molecular weight excluding hydrogens is 290 g/mol. The normalized spacial score (nSPS) is 10.3. The standard InChI is InChI=1S/C11H10ClN3OS2/c1-13-10-14-15-11(18-10)17-6-9(16)7-3-2-4-8(12)5-7/h2-5H,6H2,1H3,(H,13,14). The number of benzene rings is 1. The molecule has 2 aromatic rings. The third-order valence-corrected chi connectivity index (χ3v) is 4.40. The van der Waals surface area contributed by atoms with Gasteiger partial charge in [-0.1, -0.05) is 46.8 Å². The van der Waals surface area contributed by atoms with Gasteiger partial charge in [-0.25, -0.2) is 0 Å². The molecule has 0 amide bonds. The van der Waals surface area contributed by atoms with Crippen LogP contribution in [0.3, 0.4) is 0 Å². The average Bonchev–Trinajstić information content (AvgIpc) is 2.84. The number of carbonyl (C=O) groups is 1. The molecule has 1 heterocycles. The van der Waals surface area contributed by atoms with Crippen molar-refractivity contribution in [1.82, 2.24) is 10.2 Å². The number of nitrogens with one attached hydrogen (secondary N) is 1. The summed E-state index contributed by atoms with van der Waals surface area (Å²) in [6.07, 6.45) is 0. The largest absolute Gasteiger partial charge is 0.363 e. The van der Waals surface area contributed by atoms with Crippen molar-refractivity contribution in [3.05, 3.63) is 34.9 Å². The topological polar surface area (TPSA) is 54.9 Å². The molecule has 0 aliphatic carbocycles. The maximum absolute atomic E-state index is 11.9. The highest BCUT2D eigenvalue weighted by Gasteiger charge is 2.09. The Labute approximate surface area is 118 Å². The molecule has 7 heteroatoms.